The Morgan fingerprint density at radius 3 is 2.35 bits per heavy atom. The zero-order valence-corrected chi connectivity index (χ0v) is 18.3. The zero-order valence-electron chi connectivity index (χ0n) is 17.4. The molecule has 1 saturated heterocycles. The number of nitrogens with zero attached hydrogens (tertiary/aromatic N) is 3. The fourth-order valence-electron chi connectivity index (χ4n) is 4.04. The minimum atomic E-state index is -0.375. The fraction of sp³-hybridized carbons (Fsp3) is 0.292. The number of hydrogen-bond donors (Lipinski definition) is 0. The number of benzene rings is 2. The van der Waals surface area contributed by atoms with Crippen molar-refractivity contribution in [1.82, 2.24) is 4.90 Å². The van der Waals surface area contributed by atoms with Crippen molar-refractivity contribution in [2.24, 2.45) is 0 Å². The quantitative estimate of drug-likeness (QED) is 0.390. The molecule has 2 aromatic carbocycles. The lowest BCUT2D eigenvalue weighted by Gasteiger charge is -2.38. The molecule has 4 rings (SSSR count). The fourth-order valence-corrected chi connectivity index (χ4v) is 4.70. The molecule has 0 unspecified atom stereocenters. The minimum absolute atomic E-state index is 0.0627. The van der Waals surface area contributed by atoms with Crippen molar-refractivity contribution in [2.45, 2.75) is 32.4 Å². The van der Waals surface area contributed by atoms with Gasteiger partial charge in [0.05, 0.1) is 9.80 Å². The van der Waals surface area contributed by atoms with Crippen LogP contribution in [0.25, 0.3) is 0 Å². The molecule has 0 atom stereocenters. The molecule has 0 aliphatic carbocycles. The molecule has 31 heavy (non-hydrogen) atoms. The van der Waals surface area contributed by atoms with E-state index in [1.165, 1.54) is 16.9 Å². The third-order valence-corrected chi connectivity index (χ3v) is 6.60. The first-order valence-electron chi connectivity index (χ1n) is 10.4. The van der Waals surface area contributed by atoms with E-state index in [-0.39, 0.29) is 22.6 Å². The molecule has 0 spiro atoms. The zero-order chi connectivity index (χ0) is 21.8. The van der Waals surface area contributed by atoms with Crippen LogP contribution in [0.2, 0.25) is 0 Å². The van der Waals surface area contributed by atoms with Crippen molar-refractivity contribution >= 4 is 28.6 Å². The topological polar surface area (TPSA) is 66.7 Å². The summed E-state index contributed by atoms with van der Waals surface area (Å²) in [5, 5.41) is 12.8. The van der Waals surface area contributed by atoms with Gasteiger partial charge in [-0.1, -0.05) is 35.9 Å². The summed E-state index contributed by atoms with van der Waals surface area (Å²) >= 11 is 1.48. The lowest BCUT2D eigenvalue weighted by Crippen LogP contribution is -2.47. The summed E-state index contributed by atoms with van der Waals surface area (Å²) in [6.07, 6.45) is 1.77. The molecule has 0 bridgehead atoms. The van der Waals surface area contributed by atoms with Crippen LogP contribution in [0.15, 0.2) is 66.0 Å². The Hall–Kier alpha value is -3.03. The lowest BCUT2D eigenvalue weighted by atomic mass is 10.0. The van der Waals surface area contributed by atoms with Gasteiger partial charge < -0.3 is 4.90 Å². The van der Waals surface area contributed by atoms with Crippen molar-refractivity contribution in [1.29, 1.82) is 0 Å². The largest absolute Gasteiger partial charge is 0.305 e. The van der Waals surface area contributed by atoms with Crippen molar-refractivity contribution in [3.63, 3.8) is 0 Å². The number of hydrogen-bond acceptors (Lipinski definition) is 5. The van der Waals surface area contributed by atoms with Crippen LogP contribution in [0.3, 0.4) is 0 Å². The number of aryl methyl sites for hydroxylation is 1. The van der Waals surface area contributed by atoms with E-state index in [2.05, 4.69) is 4.90 Å². The summed E-state index contributed by atoms with van der Waals surface area (Å²) in [6.45, 7) is 4.56. The van der Waals surface area contributed by atoms with Crippen LogP contribution in [-0.2, 0) is 6.54 Å². The van der Waals surface area contributed by atoms with Crippen LogP contribution in [-0.4, -0.2) is 34.9 Å². The van der Waals surface area contributed by atoms with Crippen molar-refractivity contribution in [2.75, 3.05) is 18.0 Å². The maximum Gasteiger partial charge on any atom is 0.269 e. The van der Waals surface area contributed by atoms with Gasteiger partial charge >= 0.3 is 0 Å². The molecule has 1 aliphatic rings. The highest BCUT2D eigenvalue weighted by molar-refractivity contribution is 7.12. The van der Waals surface area contributed by atoms with E-state index in [4.69, 9.17) is 0 Å². The van der Waals surface area contributed by atoms with Gasteiger partial charge in [-0.3, -0.25) is 19.8 Å². The lowest BCUT2D eigenvalue weighted by molar-refractivity contribution is -0.384. The summed E-state index contributed by atoms with van der Waals surface area (Å²) in [5.74, 6) is 0.0627. The Balaban J connectivity index is 1.45. The Morgan fingerprint density at radius 1 is 1.10 bits per heavy atom. The van der Waals surface area contributed by atoms with Crippen LogP contribution in [0.1, 0.15) is 33.6 Å². The van der Waals surface area contributed by atoms with E-state index in [1.807, 2.05) is 65.7 Å². The van der Waals surface area contributed by atoms with Crippen molar-refractivity contribution in [3.05, 3.63) is 92.2 Å². The van der Waals surface area contributed by atoms with Crippen LogP contribution in [0, 0.1) is 17.0 Å². The van der Waals surface area contributed by atoms with Crippen LogP contribution in [0.4, 0.5) is 11.4 Å². The Morgan fingerprint density at radius 2 is 1.77 bits per heavy atom. The number of carbonyl (C=O) groups is 1. The molecular formula is C24H25N3O3S. The van der Waals surface area contributed by atoms with Gasteiger partial charge in [0, 0.05) is 43.5 Å². The molecule has 1 fully saturated rings. The Labute approximate surface area is 185 Å². The highest BCUT2D eigenvalue weighted by Gasteiger charge is 2.30. The van der Waals surface area contributed by atoms with Gasteiger partial charge in [0.2, 0.25) is 0 Å². The first kappa shape index (κ1) is 21.2. The predicted octanol–water partition coefficient (Wildman–Crippen LogP) is 5.28. The second-order valence-electron chi connectivity index (χ2n) is 7.92. The summed E-state index contributed by atoms with van der Waals surface area (Å²) in [5.41, 5.74) is 3.29. The number of thiophene rings is 1. The molecule has 3 aromatic rings. The molecule has 1 aliphatic heterocycles. The highest BCUT2D eigenvalue weighted by Crippen LogP contribution is 2.28. The second-order valence-corrected chi connectivity index (χ2v) is 8.87. The average Bonchev–Trinajstić information content (AvgIpc) is 3.32. The molecule has 1 aromatic heterocycles. The van der Waals surface area contributed by atoms with E-state index < -0.39 is 0 Å². The molecule has 160 valence electrons. The van der Waals surface area contributed by atoms with Gasteiger partial charge in [0.15, 0.2) is 0 Å². The first-order chi connectivity index (χ1) is 15.0. The van der Waals surface area contributed by atoms with Crippen molar-refractivity contribution in [3.8, 4) is 0 Å². The Bertz CT molecular complexity index is 1020. The van der Waals surface area contributed by atoms with Crippen LogP contribution in [0.5, 0.6) is 0 Å². The Kier molecular flexibility index (Phi) is 6.44. The number of anilines is 1. The molecular weight excluding hydrogens is 410 g/mol. The van der Waals surface area contributed by atoms with E-state index in [9.17, 15) is 14.9 Å². The van der Waals surface area contributed by atoms with Gasteiger partial charge in [0.1, 0.15) is 0 Å². The van der Waals surface area contributed by atoms with Crippen LogP contribution >= 0.6 is 11.3 Å². The number of non-ortho nitro benzene ring substituents is 1. The number of amides is 1. The summed E-state index contributed by atoms with van der Waals surface area (Å²) in [6, 6.07) is 18.9. The smallest absolute Gasteiger partial charge is 0.269 e. The third-order valence-electron chi connectivity index (χ3n) is 5.74. The van der Waals surface area contributed by atoms with Crippen LogP contribution < -0.4 is 4.90 Å². The molecule has 2 heterocycles. The summed E-state index contributed by atoms with van der Waals surface area (Å²) in [4.78, 5) is 28.9. The number of piperidine rings is 1. The van der Waals surface area contributed by atoms with E-state index in [1.54, 1.807) is 12.1 Å². The SMILES string of the molecule is Cc1ccc(N(C(=O)c2cccs2)C2CCN(Cc3ccc([N+](=O)[O-])cc3)CC2)cc1. The molecule has 0 radical (unpaired) electrons. The molecule has 7 heteroatoms. The maximum atomic E-state index is 13.3. The molecule has 0 N–H and O–H groups in total. The number of likely N-dealkylation sites (tertiary alicyclic amines) is 1. The predicted molar refractivity (Wildman–Crippen MR) is 124 cm³/mol. The first-order valence-corrected chi connectivity index (χ1v) is 11.3. The van der Waals surface area contributed by atoms with Gasteiger partial charge in [-0.25, -0.2) is 0 Å². The number of nitro groups is 1. The van der Waals surface area contributed by atoms with Gasteiger partial charge in [-0.2, -0.15) is 0 Å². The van der Waals surface area contributed by atoms with Gasteiger partial charge in [0.25, 0.3) is 11.6 Å². The maximum absolute atomic E-state index is 13.3. The molecule has 6 nitrogen and oxygen atoms in total. The van der Waals surface area contributed by atoms with E-state index in [0.29, 0.717) is 0 Å². The monoisotopic (exact) mass is 435 g/mol. The summed E-state index contributed by atoms with van der Waals surface area (Å²) < 4.78 is 0. The van der Waals surface area contributed by atoms with E-state index >= 15 is 0 Å². The average molecular weight is 436 g/mol. The van der Waals surface area contributed by atoms with Gasteiger partial charge in [-0.05, 0) is 48.9 Å². The molecule has 1 amide bonds. The third kappa shape index (κ3) is 5.00. The highest BCUT2D eigenvalue weighted by atomic mass is 32.1. The molecule has 0 saturated carbocycles. The van der Waals surface area contributed by atoms with Crippen molar-refractivity contribution < 1.29 is 9.72 Å². The van der Waals surface area contributed by atoms with E-state index in [0.717, 1.165) is 48.6 Å². The normalized spacial score (nSPS) is 15.0. The number of nitro benzene ring substituents is 1. The second kappa shape index (κ2) is 9.41. The standard InChI is InChI=1S/C24H25N3O3S/c1-18-4-8-20(9-5-18)26(24(28)23-3-2-16-31-23)21-12-14-25(15-13-21)17-19-6-10-22(11-7-19)27(29)30/h2-11,16,21H,12-15,17H2,1H3. The summed E-state index contributed by atoms with van der Waals surface area (Å²) in [7, 11) is 0. The van der Waals surface area contributed by atoms with Gasteiger partial charge in [-0.15, -0.1) is 11.3 Å². The number of carbonyl (C=O) groups excluding carboxylic acids is 1. The minimum Gasteiger partial charge on any atom is -0.305 e. The number of rotatable bonds is 6.